The van der Waals surface area contributed by atoms with E-state index in [2.05, 4.69) is 10.2 Å². The molecule has 1 aromatic rings. The molecule has 3 aliphatic rings. The average molecular weight is 364 g/mol. The predicted molar refractivity (Wildman–Crippen MR) is 93.2 cm³/mol. The molecule has 1 spiro atoms. The molecule has 1 atom stereocenters. The van der Waals surface area contributed by atoms with Crippen LogP contribution in [0.4, 0.5) is 5.13 Å². The Morgan fingerprint density at radius 3 is 2.96 bits per heavy atom. The average Bonchev–Trinajstić information content (AvgIpc) is 3.04. The normalized spacial score (nSPS) is 25.0. The molecule has 1 saturated carbocycles. The summed E-state index contributed by atoms with van der Waals surface area (Å²) in [5.41, 5.74) is 0.406. The van der Waals surface area contributed by atoms with Crippen molar-refractivity contribution in [3.8, 4) is 0 Å². The van der Waals surface area contributed by atoms with Gasteiger partial charge in [-0.2, -0.15) is 0 Å². The summed E-state index contributed by atoms with van der Waals surface area (Å²) in [6, 6.07) is 0. The first kappa shape index (κ1) is 16.9. The zero-order valence-corrected chi connectivity index (χ0v) is 15.4. The smallest absolute Gasteiger partial charge is 0.229 e. The van der Waals surface area contributed by atoms with Crippen molar-refractivity contribution in [2.24, 2.45) is 11.3 Å². The molecule has 8 heteroatoms. The van der Waals surface area contributed by atoms with Crippen molar-refractivity contribution in [2.75, 3.05) is 31.1 Å². The number of nitrogens with zero attached hydrogens (tertiary/aromatic N) is 4. The Hall–Kier alpha value is -1.54. The molecule has 0 bridgehead atoms. The van der Waals surface area contributed by atoms with Crippen molar-refractivity contribution in [3.63, 3.8) is 0 Å². The molecule has 3 fully saturated rings. The van der Waals surface area contributed by atoms with E-state index < -0.39 is 0 Å². The van der Waals surface area contributed by atoms with E-state index in [-0.39, 0.29) is 24.2 Å². The maximum absolute atomic E-state index is 12.9. The van der Waals surface area contributed by atoms with E-state index in [4.69, 9.17) is 4.74 Å². The van der Waals surface area contributed by atoms with Crippen molar-refractivity contribution in [1.82, 2.24) is 15.1 Å². The Bertz CT molecular complexity index is 673. The van der Waals surface area contributed by atoms with Gasteiger partial charge in [-0.3, -0.25) is 14.5 Å². The number of carbonyl (C=O) groups excluding carboxylic acids is 2. The molecule has 0 N–H and O–H groups in total. The van der Waals surface area contributed by atoms with E-state index in [0.29, 0.717) is 30.3 Å². The second kappa shape index (κ2) is 6.64. The molecule has 4 rings (SSSR count). The molecule has 1 unspecified atom stereocenters. The molecule has 2 saturated heterocycles. The van der Waals surface area contributed by atoms with Crippen LogP contribution in [0, 0.1) is 11.3 Å². The highest BCUT2D eigenvalue weighted by atomic mass is 32.1. The third-order valence-electron chi connectivity index (χ3n) is 5.52. The van der Waals surface area contributed by atoms with Gasteiger partial charge in [0, 0.05) is 32.7 Å². The van der Waals surface area contributed by atoms with Gasteiger partial charge in [-0.25, -0.2) is 0 Å². The van der Waals surface area contributed by atoms with Gasteiger partial charge in [-0.15, -0.1) is 10.2 Å². The Balaban J connectivity index is 1.39. The molecular weight excluding hydrogens is 340 g/mol. The van der Waals surface area contributed by atoms with Crippen LogP contribution in [0.15, 0.2) is 0 Å². The fourth-order valence-corrected chi connectivity index (χ4v) is 4.70. The van der Waals surface area contributed by atoms with Crippen LogP contribution in [-0.2, 0) is 20.9 Å². The highest BCUT2D eigenvalue weighted by Gasteiger charge is 2.48. The number of rotatable bonds is 5. The monoisotopic (exact) mass is 364 g/mol. The Morgan fingerprint density at radius 1 is 1.36 bits per heavy atom. The van der Waals surface area contributed by atoms with Gasteiger partial charge in [0.25, 0.3) is 0 Å². The van der Waals surface area contributed by atoms with E-state index in [9.17, 15) is 9.59 Å². The van der Waals surface area contributed by atoms with Gasteiger partial charge in [0.05, 0.1) is 5.92 Å². The Labute approximate surface area is 151 Å². The summed E-state index contributed by atoms with van der Waals surface area (Å²) in [5, 5.41) is 9.52. The third-order valence-corrected chi connectivity index (χ3v) is 6.44. The van der Waals surface area contributed by atoms with Gasteiger partial charge < -0.3 is 9.64 Å². The summed E-state index contributed by atoms with van der Waals surface area (Å²) in [6.07, 6.45) is 5.12. The topological polar surface area (TPSA) is 75.6 Å². The van der Waals surface area contributed by atoms with Gasteiger partial charge in [0.15, 0.2) is 0 Å². The van der Waals surface area contributed by atoms with E-state index >= 15 is 0 Å². The Morgan fingerprint density at radius 2 is 2.20 bits per heavy atom. The van der Waals surface area contributed by atoms with Crippen LogP contribution < -0.4 is 4.90 Å². The lowest BCUT2D eigenvalue weighted by Gasteiger charge is -2.34. The summed E-state index contributed by atoms with van der Waals surface area (Å²) >= 11 is 1.37. The van der Waals surface area contributed by atoms with Crippen molar-refractivity contribution in [2.45, 2.75) is 45.6 Å². The van der Waals surface area contributed by atoms with Crippen LogP contribution in [-0.4, -0.2) is 53.2 Å². The van der Waals surface area contributed by atoms with Crippen molar-refractivity contribution < 1.29 is 14.3 Å². The van der Waals surface area contributed by atoms with Crippen molar-refractivity contribution in [1.29, 1.82) is 0 Å². The quantitative estimate of drug-likeness (QED) is 0.797. The standard InChI is InChI=1S/C17H24N4O3S/c1-2-24-10-13-18-19-16(25-13)21-9-12(8-14(21)22)15(23)20-7-3-4-17(11-20)5-6-17/h12H,2-11H2,1H3. The summed E-state index contributed by atoms with van der Waals surface area (Å²) < 4.78 is 5.33. The molecule has 0 radical (unpaired) electrons. The lowest BCUT2D eigenvalue weighted by molar-refractivity contribution is -0.137. The minimum absolute atomic E-state index is 0.0318. The SMILES string of the molecule is CCOCc1nnc(N2CC(C(=O)N3CCCC4(CC4)C3)CC2=O)s1. The summed E-state index contributed by atoms with van der Waals surface area (Å²) in [7, 11) is 0. The predicted octanol–water partition coefficient (Wildman–Crippen LogP) is 1.83. The molecule has 1 aromatic heterocycles. The zero-order chi connectivity index (χ0) is 17.4. The molecular formula is C17H24N4O3S. The van der Waals surface area contributed by atoms with Crippen LogP contribution in [0.2, 0.25) is 0 Å². The third kappa shape index (κ3) is 3.42. The lowest BCUT2D eigenvalue weighted by Crippen LogP contribution is -2.44. The highest BCUT2D eigenvalue weighted by molar-refractivity contribution is 7.15. The number of aromatic nitrogens is 2. The molecule has 136 valence electrons. The minimum Gasteiger partial charge on any atom is -0.374 e. The zero-order valence-electron chi connectivity index (χ0n) is 14.6. The fraction of sp³-hybridized carbons (Fsp3) is 0.765. The number of hydrogen-bond donors (Lipinski definition) is 0. The molecule has 2 aliphatic heterocycles. The maximum atomic E-state index is 12.9. The van der Waals surface area contributed by atoms with Crippen LogP contribution in [0.1, 0.15) is 44.0 Å². The van der Waals surface area contributed by atoms with Crippen LogP contribution in [0.25, 0.3) is 0 Å². The first-order chi connectivity index (χ1) is 12.1. The number of anilines is 1. The van der Waals surface area contributed by atoms with E-state index in [1.165, 1.54) is 30.6 Å². The minimum atomic E-state index is -0.249. The van der Waals surface area contributed by atoms with Crippen molar-refractivity contribution in [3.05, 3.63) is 5.01 Å². The maximum Gasteiger partial charge on any atom is 0.229 e. The van der Waals surface area contributed by atoms with Crippen LogP contribution in [0.3, 0.4) is 0 Å². The van der Waals surface area contributed by atoms with Gasteiger partial charge in [-0.05, 0) is 38.0 Å². The van der Waals surface area contributed by atoms with E-state index in [0.717, 1.165) is 24.5 Å². The number of likely N-dealkylation sites (tertiary alicyclic amines) is 1. The van der Waals surface area contributed by atoms with Crippen LogP contribution >= 0.6 is 11.3 Å². The van der Waals surface area contributed by atoms with E-state index in [1.807, 2.05) is 11.8 Å². The number of piperidine rings is 1. The lowest BCUT2D eigenvalue weighted by atomic mass is 9.93. The molecule has 3 heterocycles. The number of amides is 2. The summed E-state index contributed by atoms with van der Waals surface area (Å²) in [5.74, 6) is -0.142. The van der Waals surface area contributed by atoms with Gasteiger partial charge in [0.1, 0.15) is 11.6 Å². The fourth-order valence-electron chi connectivity index (χ4n) is 3.90. The molecule has 0 aromatic carbocycles. The van der Waals surface area contributed by atoms with E-state index in [1.54, 1.807) is 4.90 Å². The first-order valence-electron chi connectivity index (χ1n) is 9.09. The molecule has 1 aliphatic carbocycles. The molecule has 25 heavy (non-hydrogen) atoms. The first-order valence-corrected chi connectivity index (χ1v) is 9.91. The van der Waals surface area contributed by atoms with Gasteiger partial charge >= 0.3 is 0 Å². The second-order valence-corrected chi connectivity index (χ2v) is 8.42. The number of hydrogen-bond acceptors (Lipinski definition) is 6. The van der Waals surface area contributed by atoms with Gasteiger partial charge in [-0.1, -0.05) is 11.3 Å². The molecule has 7 nitrogen and oxygen atoms in total. The second-order valence-electron chi connectivity index (χ2n) is 7.38. The Kier molecular flexibility index (Phi) is 4.49. The summed E-state index contributed by atoms with van der Waals surface area (Å²) in [6.45, 7) is 5.09. The highest BCUT2D eigenvalue weighted by Crippen LogP contribution is 2.52. The van der Waals surface area contributed by atoms with Crippen LogP contribution in [0.5, 0.6) is 0 Å². The van der Waals surface area contributed by atoms with Gasteiger partial charge in [0.2, 0.25) is 16.9 Å². The number of carbonyl (C=O) groups is 2. The number of ether oxygens (including phenoxy) is 1. The largest absolute Gasteiger partial charge is 0.374 e. The summed E-state index contributed by atoms with van der Waals surface area (Å²) in [4.78, 5) is 28.9. The van der Waals surface area contributed by atoms with Crippen molar-refractivity contribution >= 4 is 28.3 Å². The molecule has 2 amide bonds.